The van der Waals surface area contributed by atoms with Crippen LogP contribution in [0.5, 0.6) is 5.75 Å². The van der Waals surface area contributed by atoms with Gasteiger partial charge in [0.2, 0.25) is 0 Å². The summed E-state index contributed by atoms with van der Waals surface area (Å²) in [7, 11) is 0. The molecule has 0 spiro atoms. The van der Waals surface area contributed by atoms with E-state index in [9.17, 15) is 27.2 Å². The number of alkyl halides is 3. The molecule has 1 aromatic heterocycles. The number of amides is 1. The molecule has 2 aliphatic heterocycles. The number of aromatic nitrogens is 1. The number of hydrogen-bond donors (Lipinski definition) is 0. The van der Waals surface area contributed by atoms with E-state index in [2.05, 4.69) is 4.74 Å². The molecule has 2 aromatic carbocycles. The molecule has 3 heterocycles. The Balaban J connectivity index is 1.47. The third kappa shape index (κ3) is 4.30. The van der Waals surface area contributed by atoms with Crippen LogP contribution in [-0.2, 0) is 6.54 Å². The van der Waals surface area contributed by atoms with Gasteiger partial charge in [-0.25, -0.2) is 4.39 Å². The van der Waals surface area contributed by atoms with E-state index < -0.39 is 12.2 Å². The van der Waals surface area contributed by atoms with Crippen LogP contribution in [0.3, 0.4) is 0 Å². The second-order valence-electron chi connectivity index (χ2n) is 8.67. The van der Waals surface area contributed by atoms with Crippen LogP contribution in [-0.4, -0.2) is 34.8 Å². The fourth-order valence-electron chi connectivity index (χ4n) is 5.04. The summed E-state index contributed by atoms with van der Waals surface area (Å²) in [6.07, 6.45) is -3.99. The van der Waals surface area contributed by atoms with E-state index in [1.807, 2.05) is 0 Å². The second-order valence-corrected chi connectivity index (χ2v) is 8.67. The van der Waals surface area contributed by atoms with Crippen molar-refractivity contribution in [3.63, 3.8) is 0 Å². The van der Waals surface area contributed by atoms with Gasteiger partial charge in [-0.1, -0.05) is 12.1 Å². The maximum absolute atomic E-state index is 13.3. The van der Waals surface area contributed by atoms with Crippen LogP contribution in [0.25, 0.3) is 11.1 Å². The monoisotopic (exact) mass is 472 g/mol. The topological polar surface area (TPSA) is 51.5 Å². The first-order valence-electron chi connectivity index (χ1n) is 10.8. The maximum atomic E-state index is 13.3. The summed E-state index contributed by atoms with van der Waals surface area (Å²) < 4.78 is 56.5. The Bertz CT molecular complexity index is 1280. The van der Waals surface area contributed by atoms with E-state index in [4.69, 9.17) is 0 Å². The Labute approximate surface area is 192 Å². The molecule has 5 nitrogen and oxygen atoms in total. The first-order chi connectivity index (χ1) is 16.2. The van der Waals surface area contributed by atoms with Gasteiger partial charge < -0.3 is 14.2 Å². The number of carbonyl (C=O) groups is 1. The molecule has 2 atom stereocenters. The van der Waals surface area contributed by atoms with Gasteiger partial charge in [-0.3, -0.25) is 9.59 Å². The van der Waals surface area contributed by atoms with E-state index >= 15 is 0 Å². The van der Waals surface area contributed by atoms with Crippen LogP contribution in [0.2, 0.25) is 0 Å². The standard InChI is InChI=1S/C25H20F4N2O3/c26-19-5-1-17(2-6-19)24(33)30-12-15-11-18(14-30)23-21(9-10-22(32)31(23)13-15)16-3-7-20(8-4-16)34-25(27,28)29/h1-10,15,18H,11-14H2. The van der Waals surface area contributed by atoms with E-state index in [0.717, 1.165) is 17.7 Å². The number of pyridine rings is 1. The number of fused-ring (bicyclic) bond motifs is 4. The average molecular weight is 472 g/mol. The van der Waals surface area contributed by atoms with Gasteiger partial charge in [0.15, 0.2) is 0 Å². The van der Waals surface area contributed by atoms with Gasteiger partial charge in [0.25, 0.3) is 11.5 Å². The third-order valence-electron chi connectivity index (χ3n) is 6.37. The molecule has 176 valence electrons. The zero-order valence-electron chi connectivity index (χ0n) is 17.9. The number of ether oxygens (including phenoxy) is 1. The largest absolute Gasteiger partial charge is 0.573 e. The molecule has 0 saturated carbocycles. The molecular formula is C25H20F4N2O3. The second kappa shape index (κ2) is 8.30. The van der Waals surface area contributed by atoms with Crippen molar-refractivity contribution in [3.8, 4) is 16.9 Å². The first kappa shape index (κ1) is 22.2. The third-order valence-corrected chi connectivity index (χ3v) is 6.37. The molecular weight excluding hydrogens is 452 g/mol. The number of halogens is 4. The lowest BCUT2D eigenvalue weighted by atomic mass is 9.80. The molecule has 0 N–H and O–H groups in total. The van der Waals surface area contributed by atoms with Crippen molar-refractivity contribution in [2.45, 2.75) is 25.2 Å². The lowest BCUT2D eigenvalue weighted by Gasteiger charge is -2.43. The molecule has 1 fully saturated rings. The highest BCUT2D eigenvalue weighted by molar-refractivity contribution is 5.94. The highest BCUT2D eigenvalue weighted by Gasteiger charge is 2.38. The smallest absolute Gasteiger partial charge is 0.406 e. The molecule has 1 saturated heterocycles. The summed E-state index contributed by atoms with van der Waals surface area (Å²) in [5.74, 6) is -0.974. The number of hydrogen-bond acceptors (Lipinski definition) is 3. The molecule has 34 heavy (non-hydrogen) atoms. The molecule has 5 rings (SSSR count). The van der Waals surface area contributed by atoms with E-state index in [0.29, 0.717) is 30.8 Å². The van der Waals surface area contributed by atoms with Crippen molar-refractivity contribution in [1.82, 2.24) is 9.47 Å². The molecule has 1 amide bonds. The first-order valence-corrected chi connectivity index (χ1v) is 10.8. The fourth-order valence-corrected chi connectivity index (χ4v) is 5.04. The minimum atomic E-state index is -4.78. The number of piperidine rings is 1. The Morgan fingerprint density at radius 2 is 1.62 bits per heavy atom. The van der Waals surface area contributed by atoms with Crippen molar-refractivity contribution < 1.29 is 27.1 Å². The van der Waals surface area contributed by atoms with Crippen LogP contribution < -0.4 is 10.3 Å². The van der Waals surface area contributed by atoms with Gasteiger partial charge in [0, 0.05) is 48.4 Å². The van der Waals surface area contributed by atoms with Gasteiger partial charge in [0.1, 0.15) is 11.6 Å². The van der Waals surface area contributed by atoms with Crippen LogP contribution in [0.15, 0.2) is 65.5 Å². The minimum Gasteiger partial charge on any atom is -0.406 e. The molecule has 0 aliphatic carbocycles. The van der Waals surface area contributed by atoms with Crippen LogP contribution in [0, 0.1) is 11.7 Å². The van der Waals surface area contributed by atoms with E-state index in [-0.39, 0.29) is 29.1 Å². The van der Waals surface area contributed by atoms with E-state index in [1.165, 1.54) is 54.6 Å². The summed E-state index contributed by atoms with van der Waals surface area (Å²) >= 11 is 0. The molecule has 2 bridgehead atoms. The van der Waals surface area contributed by atoms with Gasteiger partial charge in [-0.15, -0.1) is 13.2 Å². The Morgan fingerprint density at radius 1 is 0.912 bits per heavy atom. The Hall–Kier alpha value is -3.62. The van der Waals surface area contributed by atoms with Crippen LogP contribution in [0.4, 0.5) is 17.6 Å². The minimum absolute atomic E-state index is 0.0890. The van der Waals surface area contributed by atoms with Crippen molar-refractivity contribution >= 4 is 5.91 Å². The van der Waals surface area contributed by atoms with Crippen molar-refractivity contribution in [1.29, 1.82) is 0 Å². The summed E-state index contributed by atoms with van der Waals surface area (Å²) in [5, 5.41) is 0. The van der Waals surface area contributed by atoms with Gasteiger partial charge in [0.05, 0.1) is 0 Å². The number of nitrogens with zero attached hydrogens (tertiary/aromatic N) is 2. The van der Waals surface area contributed by atoms with Crippen molar-refractivity contribution in [3.05, 3.63) is 88.1 Å². The number of likely N-dealkylation sites (tertiary alicyclic amines) is 1. The average Bonchev–Trinajstić information content (AvgIpc) is 2.79. The zero-order chi connectivity index (χ0) is 24.0. The zero-order valence-corrected chi connectivity index (χ0v) is 17.9. The number of benzene rings is 2. The molecule has 0 radical (unpaired) electrons. The SMILES string of the molecule is O=C(c1ccc(F)cc1)N1CC2CC(C1)c1c(-c3ccc(OC(F)(F)F)cc3)ccc(=O)n1C2. The number of rotatable bonds is 3. The van der Waals surface area contributed by atoms with Crippen molar-refractivity contribution in [2.24, 2.45) is 5.92 Å². The predicted octanol–water partition coefficient (Wildman–Crippen LogP) is 4.81. The summed E-state index contributed by atoms with van der Waals surface area (Å²) in [4.78, 5) is 27.4. The molecule has 2 unspecified atom stereocenters. The highest BCUT2D eigenvalue weighted by atomic mass is 19.4. The lowest BCUT2D eigenvalue weighted by Crippen LogP contribution is -2.49. The molecule has 9 heteroatoms. The summed E-state index contributed by atoms with van der Waals surface area (Å²) in [5.41, 5.74) is 2.40. The van der Waals surface area contributed by atoms with Gasteiger partial charge in [-0.2, -0.15) is 0 Å². The number of carbonyl (C=O) groups excluding carboxylic acids is 1. The summed E-state index contributed by atoms with van der Waals surface area (Å²) in [6, 6.07) is 14.1. The predicted molar refractivity (Wildman–Crippen MR) is 116 cm³/mol. The normalized spacial score (nSPS) is 19.5. The Kier molecular flexibility index (Phi) is 5.42. The molecule has 3 aromatic rings. The van der Waals surface area contributed by atoms with Crippen LogP contribution in [0.1, 0.15) is 28.4 Å². The quantitative estimate of drug-likeness (QED) is 0.514. The van der Waals surface area contributed by atoms with Crippen molar-refractivity contribution in [2.75, 3.05) is 13.1 Å². The van der Waals surface area contributed by atoms with Gasteiger partial charge in [-0.05, 0) is 60.4 Å². The Morgan fingerprint density at radius 3 is 2.29 bits per heavy atom. The molecule has 2 aliphatic rings. The highest BCUT2D eigenvalue weighted by Crippen LogP contribution is 2.40. The summed E-state index contributed by atoms with van der Waals surface area (Å²) in [6.45, 7) is 1.33. The lowest BCUT2D eigenvalue weighted by molar-refractivity contribution is -0.274. The van der Waals surface area contributed by atoms with Crippen LogP contribution >= 0.6 is 0 Å². The maximum Gasteiger partial charge on any atom is 0.573 e. The van der Waals surface area contributed by atoms with Gasteiger partial charge >= 0.3 is 6.36 Å². The van der Waals surface area contributed by atoms with E-state index in [1.54, 1.807) is 15.5 Å². The fraction of sp³-hybridized carbons (Fsp3) is 0.280.